The Balaban J connectivity index is 0.00000150. The summed E-state index contributed by atoms with van der Waals surface area (Å²) < 4.78 is 1.82. The Labute approximate surface area is 183 Å². The van der Waals surface area contributed by atoms with E-state index in [0.717, 1.165) is 35.1 Å². The van der Waals surface area contributed by atoms with Crippen molar-refractivity contribution >= 4 is 41.8 Å². The van der Waals surface area contributed by atoms with Crippen LogP contribution in [0.2, 0.25) is 0 Å². The highest BCUT2D eigenvalue weighted by Crippen LogP contribution is 2.39. The highest BCUT2D eigenvalue weighted by Gasteiger charge is 2.41. The average molecular weight is 436 g/mol. The molecular formula is C21H27Cl2N5O. The molecular weight excluding hydrogens is 409 g/mol. The number of aromatic nitrogens is 3. The van der Waals surface area contributed by atoms with Crippen LogP contribution in [0.5, 0.6) is 0 Å². The predicted octanol–water partition coefficient (Wildman–Crippen LogP) is 3.82. The monoisotopic (exact) mass is 435 g/mol. The van der Waals surface area contributed by atoms with Gasteiger partial charge in [-0.25, -0.2) is 9.67 Å². The lowest BCUT2D eigenvalue weighted by Gasteiger charge is -2.29. The number of amides is 1. The Bertz CT molecular complexity index is 987. The van der Waals surface area contributed by atoms with Crippen molar-refractivity contribution < 1.29 is 4.79 Å². The van der Waals surface area contributed by atoms with Crippen molar-refractivity contribution in [3.8, 4) is 11.3 Å². The number of carbonyl (C=O) groups is 1. The number of carbonyl (C=O) groups excluding carboxylic acids is 1. The number of pyridine rings is 1. The molecule has 1 aromatic carbocycles. The Kier molecular flexibility index (Phi) is 7.27. The van der Waals surface area contributed by atoms with Crippen molar-refractivity contribution in [2.24, 2.45) is 11.7 Å². The zero-order valence-corrected chi connectivity index (χ0v) is 18.2. The molecule has 3 N–H and O–H groups in total. The summed E-state index contributed by atoms with van der Waals surface area (Å²) in [5.74, 6) is 0.339. The van der Waals surface area contributed by atoms with E-state index in [1.165, 1.54) is 0 Å². The highest BCUT2D eigenvalue weighted by molar-refractivity contribution is 6.06. The maximum absolute atomic E-state index is 13.2. The molecule has 1 amide bonds. The first kappa shape index (κ1) is 23.1. The van der Waals surface area contributed by atoms with Crippen LogP contribution in [0, 0.1) is 5.92 Å². The second-order valence-corrected chi connectivity index (χ2v) is 7.47. The van der Waals surface area contributed by atoms with E-state index in [0.29, 0.717) is 24.6 Å². The number of hydrogen-bond acceptors (Lipinski definition) is 4. The van der Waals surface area contributed by atoms with Crippen LogP contribution in [0.25, 0.3) is 22.3 Å². The first-order valence-electron chi connectivity index (χ1n) is 9.50. The van der Waals surface area contributed by atoms with Gasteiger partial charge in [-0.2, -0.15) is 5.10 Å². The smallest absolute Gasteiger partial charge is 0.252 e. The van der Waals surface area contributed by atoms with E-state index in [1.807, 2.05) is 54.9 Å². The third-order valence-corrected chi connectivity index (χ3v) is 5.52. The summed E-state index contributed by atoms with van der Waals surface area (Å²) in [6.07, 6.45) is 3.96. The maximum atomic E-state index is 13.2. The number of halogens is 2. The minimum atomic E-state index is -0.375. The molecule has 29 heavy (non-hydrogen) atoms. The van der Waals surface area contributed by atoms with Crippen LogP contribution >= 0.6 is 24.8 Å². The summed E-state index contributed by atoms with van der Waals surface area (Å²) in [6.45, 7) is 5.17. The number of aryl methyl sites for hydroxylation is 1. The normalized spacial score (nSPS) is 15.1. The SMILES string of the molecule is CCn1ncc2c(C(=O)NC(C)(CN)C3CC3)cc(-c3ccccc3)nc21.Cl.Cl. The highest BCUT2D eigenvalue weighted by atomic mass is 35.5. The molecule has 0 aliphatic heterocycles. The van der Waals surface area contributed by atoms with E-state index >= 15 is 0 Å². The van der Waals surface area contributed by atoms with Gasteiger partial charge in [0, 0.05) is 18.7 Å². The number of rotatable bonds is 6. The molecule has 1 aliphatic carbocycles. The Morgan fingerprint density at radius 2 is 1.97 bits per heavy atom. The standard InChI is InChI=1S/C21H25N5O.2ClH/c1-3-26-19-17(12-23-26)16(11-18(24-19)14-7-5-4-6-8-14)20(27)25-21(2,13-22)15-9-10-15;;/h4-8,11-12,15H,3,9-10,13,22H2,1-2H3,(H,25,27);2*1H. The number of benzene rings is 1. The van der Waals surface area contributed by atoms with Gasteiger partial charge in [-0.3, -0.25) is 4.79 Å². The lowest BCUT2D eigenvalue weighted by atomic mass is 9.95. The number of hydrogen-bond donors (Lipinski definition) is 2. The molecule has 0 spiro atoms. The second kappa shape index (κ2) is 9.11. The van der Waals surface area contributed by atoms with Crippen molar-refractivity contribution in [3.63, 3.8) is 0 Å². The van der Waals surface area contributed by atoms with Gasteiger partial charge >= 0.3 is 0 Å². The van der Waals surface area contributed by atoms with Crippen LogP contribution in [0.3, 0.4) is 0 Å². The lowest BCUT2D eigenvalue weighted by Crippen LogP contribution is -2.53. The largest absolute Gasteiger partial charge is 0.345 e. The van der Waals surface area contributed by atoms with E-state index in [9.17, 15) is 4.79 Å². The molecule has 1 atom stereocenters. The zero-order valence-electron chi connectivity index (χ0n) is 16.6. The van der Waals surface area contributed by atoms with Gasteiger partial charge in [-0.15, -0.1) is 24.8 Å². The quantitative estimate of drug-likeness (QED) is 0.615. The molecule has 156 valence electrons. The van der Waals surface area contributed by atoms with Gasteiger partial charge in [0.25, 0.3) is 5.91 Å². The van der Waals surface area contributed by atoms with Gasteiger partial charge in [0.15, 0.2) is 5.65 Å². The van der Waals surface area contributed by atoms with Crippen LogP contribution in [-0.4, -0.2) is 32.8 Å². The second-order valence-electron chi connectivity index (χ2n) is 7.47. The van der Waals surface area contributed by atoms with Crippen molar-refractivity contribution in [1.29, 1.82) is 0 Å². The van der Waals surface area contributed by atoms with Gasteiger partial charge in [0.05, 0.1) is 28.4 Å². The molecule has 6 nitrogen and oxygen atoms in total. The minimum absolute atomic E-state index is 0. The van der Waals surface area contributed by atoms with Gasteiger partial charge in [0.1, 0.15) is 0 Å². The van der Waals surface area contributed by atoms with Crippen molar-refractivity contribution in [1.82, 2.24) is 20.1 Å². The molecule has 3 aromatic rings. The van der Waals surface area contributed by atoms with Gasteiger partial charge in [-0.1, -0.05) is 30.3 Å². The Morgan fingerprint density at radius 3 is 2.55 bits per heavy atom. The number of nitrogens with one attached hydrogen (secondary N) is 1. The number of nitrogens with zero attached hydrogens (tertiary/aromatic N) is 3. The molecule has 1 saturated carbocycles. The van der Waals surface area contributed by atoms with Gasteiger partial charge in [-0.05, 0) is 38.7 Å². The first-order chi connectivity index (χ1) is 13.1. The van der Waals surface area contributed by atoms with Crippen molar-refractivity contribution in [3.05, 3.63) is 48.2 Å². The maximum Gasteiger partial charge on any atom is 0.252 e. The van der Waals surface area contributed by atoms with Crippen LogP contribution in [0.4, 0.5) is 0 Å². The molecule has 1 unspecified atom stereocenters. The van der Waals surface area contributed by atoms with Crippen LogP contribution in [-0.2, 0) is 6.54 Å². The Morgan fingerprint density at radius 1 is 1.28 bits per heavy atom. The summed E-state index contributed by atoms with van der Waals surface area (Å²) in [7, 11) is 0. The predicted molar refractivity (Wildman–Crippen MR) is 121 cm³/mol. The van der Waals surface area contributed by atoms with Crippen molar-refractivity contribution in [2.75, 3.05) is 6.54 Å². The fraction of sp³-hybridized carbons (Fsp3) is 0.381. The van der Waals surface area contributed by atoms with E-state index in [1.54, 1.807) is 6.20 Å². The summed E-state index contributed by atoms with van der Waals surface area (Å²) in [5.41, 5.74) is 8.68. The van der Waals surface area contributed by atoms with E-state index < -0.39 is 0 Å². The third-order valence-electron chi connectivity index (χ3n) is 5.52. The molecule has 1 aliphatic rings. The third kappa shape index (κ3) is 4.39. The summed E-state index contributed by atoms with van der Waals surface area (Å²) in [5, 5.41) is 8.36. The zero-order chi connectivity index (χ0) is 19.0. The van der Waals surface area contributed by atoms with E-state index in [2.05, 4.69) is 10.4 Å². The molecule has 8 heteroatoms. The number of nitrogens with two attached hydrogens (primary N) is 1. The summed E-state index contributed by atoms with van der Waals surface area (Å²) in [6, 6.07) is 11.8. The van der Waals surface area contributed by atoms with Gasteiger partial charge < -0.3 is 11.1 Å². The fourth-order valence-electron chi connectivity index (χ4n) is 3.59. The molecule has 0 bridgehead atoms. The van der Waals surface area contributed by atoms with Crippen LogP contribution < -0.4 is 11.1 Å². The average Bonchev–Trinajstić information content (AvgIpc) is 3.48. The van der Waals surface area contributed by atoms with E-state index in [-0.39, 0.29) is 36.3 Å². The molecule has 0 radical (unpaired) electrons. The summed E-state index contributed by atoms with van der Waals surface area (Å²) in [4.78, 5) is 18.0. The summed E-state index contributed by atoms with van der Waals surface area (Å²) >= 11 is 0. The molecule has 2 aromatic heterocycles. The molecule has 0 saturated heterocycles. The molecule has 2 heterocycles. The van der Waals surface area contributed by atoms with Crippen molar-refractivity contribution in [2.45, 2.75) is 38.8 Å². The van der Waals surface area contributed by atoms with Crippen LogP contribution in [0.1, 0.15) is 37.0 Å². The number of fused-ring (bicyclic) bond motifs is 1. The van der Waals surface area contributed by atoms with Crippen LogP contribution in [0.15, 0.2) is 42.6 Å². The molecule has 1 fully saturated rings. The van der Waals surface area contributed by atoms with Gasteiger partial charge in [0.2, 0.25) is 0 Å². The first-order valence-corrected chi connectivity index (χ1v) is 9.50. The Hall–Kier alpha value is -2.15. The topological polar surface area (TPSA) is 85.8 Å². The molecule has 4 rings (SSSR count). The van der Waals surface area contributed by atoms with E-state index in [4.69, 9.17) is 10.7 Å². The fourth-order valence-corrected chi connectivity index (χ4v) is 3.59. The minimum Gasteiger partial charge on any atom is -0.345 e. The lowest BCUT2D eigenvalue weighted by molar-refractivity contribution is 0.0899.